The molecule has 0 saturated carbocycles. The first-order valence-corrected chi connectivity index (χ1v) is 10.3. The lowest BCUT2D eigenvalue weighted by molar-refractivity contribution is -0.120. The molecule has 2 aliphatic heterocycles. The number of amides is 1. The zero-order chi connectivity index (χ0) is 17.8. The third kappa shape index (κ3) is 4.11. The second-order valence-corrected chi connectivity index (χ2v) is 8.04. The number of benzene rings is 2. The van der Waals surface area contributed by atoms with Gasteiger partial charge in [-0.3, -0.25) is 14.6 Å². The number of carbonyl (C=O) groups is 1. The molecule has 2 aromatic rings. The highest BCUT2D eigenvalue weighted by Crippen LogP contribution is 2.34. The van der Waals surface area contributed by atoms with Crippen molar-refractivity contribution in [3.05, 3.63) is 60.2 Å². The molecule has 136 valence electrons. The number of carbonyl (C=O) groups excluding carboxylic acids is 1. The van der Waals surface area contributed by atoms with E-state index in [0.29, 0.717) is 6.54 Å². The number of piperazine rings is 1. The van der Waals surface area contributed by atoms with Crippen molar-refractivity contribution >= 4 is 23.4 Å². The van der Waals surface area contributed by atoms with Crippen LogP contribution >= 0.6 is 11.8 Å². The maximum Gasteiger partial charge on any atom is 0.241 e. The van der Waals surface area contributed by atoms with Crippen LogP contribution in [-0.2, 0) is 11.3 Å². The average molecular weight is 368 g/mol. The van der Waals surface area contributed by atoms with E-state index in [1.54, 1.807) is 0 Å². The van der Waals surface area contributed by atoms with Crippen LogP contribution in [0.2, 0.25) is 0 Å². The monoisotopic (exact) mass is 367 g/mol. The van der Waals surface area contributed by atoms with E-state index in [1.807, 2.05) is 28.8 Å². The summed E-state index contributed by atoms with van der Waals surface area (Å²) >= 11 is 1.84. The summed E-state index contributed by atoms with van der Waals surface area (Å²) in [6, 6.07) is 18.9. The normalized spacial score (nSPS) is 18.5. The molecule has 2 aliphatic rings. The van der Waals surface area contributed by atoms with E-state index in [-0.39, 0.29) is 5.91 Å². The van der Waals surface area contributed by atoms with Crippen LogP contribution in [0.3, 0.4) is 0 Å². The Morgan fingerprint density at radius 2 is 1.54 bits per heavy atom. The number of thioether (sulfide) groups is 1. The van der Waals surface area contributed by atoms with E-state index in [9.17, 15) is 4.79 Å². The van der Waals surface area contributed by atoms with Gasteiger partial charge in [0.05, 0.1) is 12.2 Å². The molecule has 0 radical (unpaired) electrons. The number of anilines is 1. The van der Waals surface area contributed by atoms with Gasteiger partial charge in [-0.05, 0) is 17.7 Å². The number of rotatable bonds is 4. The topological polar surface area (TPSA) is 26.8 Å². The number of para-hydroxylation sites is 1. The Kier molecular flexibility index (Phi) is 5.58. The van der Waals surface area contributed by atoms with E-state index >= 15 is 0 Å². The molecular weight excluding hydrogens is 342 g/mol. The van der Waals surface area contributed by atoms with Gasteiger partial charge in [0.25, 0.3) is 0 Å². The average Bonchev–Trinajstić information content (AvgIpc) is 2.70. The molecule has 2 heterocycles. The fourth-order valence-electron chi connectivity index (χ4n) is 3.65. The zero-order valence-corrected chi connectivity index (χ0v) is 15.8. The second-order valence-electron chi connectivity index (χ2n) is 6.90. The van der Waals surface area contributed by atoms with Crippen LogP contribution in [0.4, 0.5) is 5.69 Å². The summed E-state index contributed by atoms with van der Waals surface area (Å²) in [7, 11) is 0. The van der Waals surface area contributed by atoms with Crippen LogP contribution in [0.1, 0.15) is 5.56 Å². The number of nitrogens with zero attached hydrogens (tertiary/aromatic N) is 3. The molecule has 0 bridgehead atoms. The molecule has 4 nitrogen and oxygen atoms in total. The van der Waals surface area contributed by atoms with Gasteiger partial charge in [-0.1, -0.05) is 42.5 Å². The number of hydrogen-bond acceptors (Lipinski definition) is 4. The molecule has 0 spiro atoms. The molecule has 0 atom stereocenters. The van der Waals surface area contributed by atoms with Crippen LogP contribution < -0.4 is 4.90 Å². The molecule has 0 N–H and O–H groups in total. The van der Waals surface area contributed by atoms with Gasteiger partial charge < -0.3 is 4.90 Å². The smallest absolute Gasteiger partial charge is 0.241 e. The SMILES string of the molecule is O=C(CN1CCN(Cc2ccccc2)CC1)N1CCSc2ccccc21. The summed E-state index contributed by atoms with van der Waals surface area (Å²) in [6.45, 7) is 6.31. The Morgan fingerprint density at radius 3 is 2.35 bits per heavy atom. The van der Waals surface area contributed by atoms with Gasteiger partial charge in [0.1, 0.15) is 0 Å². The molecule has 4 rings (SSSR count). The third-order valence-corrected chi connectivity index (χ3v) is 6.15. The maximum absolute atomic E-state index is 12.9. The zero-order valence-electron chi connectivity index (χ0n) is 15.0. The van der Waals surface area contributed by atoms with E-state index < -0.39 is 0 Å². The standard InChI is InChI=1S/C21H25N3OS/c25-21(24-14-15-26-20-9-5-4-8-19(20)24)17-23-12-10-22(11-13-23)16-18-6-2-1-3-7-18/h1-9H,10-17H2. The largest absolute Gasteiger partial charge is 0.309 e. The summed E-state index contributed by atoms with van der Waals surface area (Å²) in [6.07, 6.45) is 0. The van der Waals surface area contributed by atoms with Crippen molar-refractivity contribution in [2.75, 3.05) is 49.9 Å². The summed E-state index contributed by atoms with van der Waals surface area (Å²) < 4.78 is 0. The molecule has 1 amide bonds. The van der Waals surface area contributed by atoms with Crippen molar-refractivity contribution in [1.82, 2.24) is 9.80 Å². The Morgan fingerprint density at radius 1 is 0.846 bits per heavy atom. The van der Waals surface area contributed by atoms with Gasteiger partial charge >= 0.3 is 0 Å². The fraction of sp³-hybridized carbons (Fsp3) is 0.381. The number of fused-ring (bicyclic) bond motifs is 1. The predicted octanol–water partition coefficient (Wildman–Crippen LogP) is 2.94. The minimum atomic E-state index is 0.231. The highest BCUT2D eigenvalue weighted by atomic mass is 32.2. The van der Waals surface area contributed by atoms with Gasteiger partial charge in [-0.25, -0.2) is 0 Å². The molecule has 1 saturated heterocycles. The van der Waals surface area contributed by atoms with Crippen molar-refractivity contribution < 1.29 is 4.79 Å². The van der Waals surface area contributed by atoms with Gasteiger partial charge in [0.15, 0.2) is 0 Å². The van der Waals surface area contributed by atoms with E-state index in [2.05, 4.69) is 52.3 Å². The van der Waals surface area contributed by atoms with E-state index in [4.69, 9.17) is 0 Å². The molecule has 0 unspecified atom stereocenters. The summed E-state index contributed by atoms with van der Waals surface area (Å²) in [5.74, 6) is 1.21. The van der Waals surface area contributed by atoms with E-state index in [1.165, 1.54) is 10.5 Å². The molecular formula is C21H25N3OS. The van der Waals surface area contributed by atoms with Crippen LogP contribution in [0.25, 0.3) is 0 Å². The molecule has 0 aromatic heterocycles. The molecule has 2 aromatic carbocycles. The van der Waals surface area contributed by atoms with Gasteiger partial charge in [0, 0.05) is 49.9 Å². The van der Waals surface area contributed by atoms with Crippen LogP contribution in [-0.4, -0.2) is 60.7 Å². The molecule has 26 heavy (non-hydrogen) atoms. The molecule has 1 fully saturated rings. The lowest BCUT2D eigenvalue weighted by Crippen LogP contribution is -2.50. The van der Waals surface area contributed by atoms with Gasteiger partial charge in [0.2, 0.25) is 5.91 Å². The first-order valence-electron chi connectivity index (χ1n) is 9.30. The molecule has 0 aliphatic carbocycles. The van der Waals surface area contributed by atoms with Gasteiger partial charge in [-0.15, -0.1) is 11.8 Å². The summed E-state index contributed by atoms with van der Waals surface area (Å²) in [4.78, 5) is 20.8. The van der Waals surface area contributed by atoms with Gasteiger partial charge in [-0.2, -0.15) is 0 Å². The first-order chi connectivity index (χ1) is 12.8. The highest BCUT2D eigenvalue weighted by molar-refractivity contribution is 7.99. The lowest BCUT2D eigenvalue weighted by Gasteiger charge is -2.36. The number of hydrogen-bond donors (Lipinski definition) is 0. The summed E-state index contributed by atoms with van der Waals surface area (Å²) in [5.41, 5.74) is 2.44. The Labute approximate surface area is 159 Å². The van der Waals surface area contributed by atoms with Crippen molar-refractivity contribution in [3.8, 4) is 0 Å². The second kappa shape index (κ2) is 8.25. The van der Waals surface area contributed by atoms with E-state index in [0.717, 1.165) is 50.7 Å². The van der Waals surface area contributed by atoms with Crippen molar-refractivity contribution in [2.24, 2.45) is 0 Å². The van der Waals surface area contributed by atoms with Crippen LogP contribution in [0, 0.1) is 0 Å². The van der Waals surface area contributed by atoms with Crippen molar-refractivity contribution in [3.63, 3.8) is 0 Å². The lowest BCUT2D eigenvalue weighted by atomic mass is 10.2. The maximum atomic E-state index is 12.9. The quantitative estimate of drug-likeness (QED) is 0.830. The van der Waals surface area contributed by atoms with Crippen molar-refractivity contribution in [2.45, 2.75) is 11.4 Å². The predicted molar refractivity (Wildman–Crippen MR) is 108 cm³/mol. The molecule has 5 heteroatoms. The third-order valence-electron chi connectivity index (χ3n) is 5.10. The fourth-order valence-corrected chi connectivity index (χ4v) is 4.65. The highest BCUT2D eigenvalue weighted by Gasteiger charge is 2.25. The first kappa shape index (κ1) is 17.6. The van der Waals surface area contributed by atoms with Crippen LogP contribution in [0.5, 0.6) is 0 Å². The Hall–Kier alpha value is -1.82. The Balaban J connectivity index is 1.30. The van der Waals surface area contributed by atoms with Crippen molar-refractivity contribution in [1.29, 1.82) is 0 Å². The minimum absolute atomic E-state index is 0.231. The summed E-state index contributed by atoms with van der Waals surface area (Å²) in [5, 5.41) is 0. The van der Waals surface area contributed by atoms with Crippen LogP contribution in [0.15, 0.2) is 59.5 Å². The minimum Gasteiger partial charge on any atom is -0.309 e. The Bertz CT molecular complexity index is 744.